The number of rotatable bonds is 8. The standard InChI is InChI=1S/C15H24BrNO2/c1-4-14(17)15(19-10-9-18-11(2)3)12-7-5-6-8-13(12)16/h5-8,11,14-15H,4,9-10,17H2,1-3H3. The Morgan fingerprint density at radius 2 is 1.79 bits per heavy atom. The minimum atomic E-state index is -0.101. The summed E-state index contributed by atoms with van der Waals surface area (Å²) in [7, 11) is 0. The Morgan fingerprint density at radius 3 is 2.37 bits per heavy atom. The second kappa shape index (κ2) is 8.69. The summed E-state index contributed by atoms with van der Waals surface area (Å²) in [6.45, 7) is 7.25. The van der Waals surface area contributed by atoms with Crippen LogP contribution in [0.25, 0.3) is 0 Å². The van der Waals surface area contributed by atoms with Crippen LogP contribution in [0.1, 0.15) is 38.9 Å². The van der Waals surface area contributed by atoms with E-state index < -0.39 is 0 Å². The highest BCUT2D eigenvalue weighted by Crippen LogP contribution is 2.28. The van der Waals surface area contributed by atoms with Crippen LogP contribution in [0.2, 0.25) is 0 Å². The molecule has 1 aromatic carbocycles. The predicted octanol–water partition coefficient (Wildman–Crippen LogP) is 3.67. The third kappa shape index (κ3) is 5.61. The first-order valence-electron chi connectivity index (χ1n) is 6.79. The summed E-state index contributed by atoms with van der Waals surface area (Å²) in [6, 6.07) is 8.04. The molecule has 0 saturated heterocycles. The van der Waals surface area contributed by atoms with Crippen molar-refractivity contribution in [2.45, 2.75) is 45.4 Å². The molecule has 0 spiro atoms. The van der Waals surface area contributed by atoms with Crippen LogP contribution in [0.15, 0.2) is 28.7 Å². The highest BCUT2D eigenvalue weighted by Gasteiger charge is 2.21. The van der Waals surface area contributed by atoms with Crippen LogP contribution in [0, 0.1) is 0 Å². The van der Waals surface area contributed by atoms with Crippen molar-refractivity contribution in [2.24, 2.45) is 5.73 Å². The topological polar surface area (TPSA) is 44.5 Å². The van der Waals surface area contributed by atoms with Gasteiger partial charge in [0, 0.05) is 10.5 Å². The molecule has 3 nitrogen and oxygen atoms in total. The molecule has 2 N–H and O–H groups in total. The van der Waals surface area contributed by atoms with Crippen molar-refractivity contribution in [1.82, 2.24) is 0 Å². The van der Waals surface area contributed by atoms with Crippen LogP contribution in [0.4, 0.5) is 0 Å². The fourth-order valence-corrected chi connectivity index (χ4v) is 2.33. The van der Waals surface area contributed by atoms with E-state index >= 15 is 0 Å². The summed E-state index contributed by atoms with van der Waals surface area (Å²) in [5.74, 6) is 0. The van der Waals surface area contributed by atoms with Gasteiger partial charge in [-0.2, -0.15) is 0 Å². The Kier molecular flexibility index (Phi) is 7.61. The normalized spacial score (nSPS) is 14.6. The van der Waals surface area contributed by atoms with E-state index in [1.807, 2.05) is 38.1 Å². The van der Waals surface area contributed by atoms with Crippen LogP contribution >= 0.6 is 15.9 Å². The molecule has 0 aromatic heterocycles. The zero-order valence-electron chi connectivity index (χ0n) is 11.9. The maximum atomic E-state index is 6.17. The maximum Gasteiger partial charge on any atom is 0.0987 e. The lowest BCUT2D eigenvalue weighted by atomic mass is 10.0. The molecule has 19 heavy (non-hydrogen) atoms. The number of hydrogen-bond donors (Lipinski definition) is 1. The molecule has 2 unspecified atom stereocenters. The van der Waals surface area contributed by atoms with Crippen LogP contribution < -0.4 is 5.73 Å². The molecule has 0 aliphatic heterocycles. The molecule has 4 heteroatoms. The van der Waals surface area contributed by atoms with E-state index in [0.717, 1.165) is 16.5 Å². The van der Waals surface area contributed by atoms with Crippen molar-refractivity contribution in [3.63, 3.8) is 0 Å². The summed E-state index contributed by atoms with van der Waals surface area (Å²) < 4.78 is 12.5. The highest BCUT2D eigenvalue weighted by atomic mass is 79.9. The van der Waals surface area contributed by atoms with Gasteiger partial charge in [-0.05, 0) is 31.9 Å². The maximum absolute atomic E-state index is 6.17. The molecule has 2 atom stereocenters. The number of halogens is 1. The van der Waals surface area contributed by atoms with E-state index in [9.17, 15) is 0 Å². The van der Waals surface area contributed by atoms with E-state index in [-0.39, 0.29) is 18.2 Å². The Bertz CT molecular complexity index is 371. The second-order valence-corrected chi connectivity index (χ2v) is 5.66. The van der Waals surface area contributed by atoms with Gasteiger partial charge in [0.1, 0.15) is 0 Å². The molecule has 0 radical (unpaired) electrons. The molecule has 0 bridgehead atoms. The second-order valence-electron chi connectivity index (χ2n) is 4.80. The third-order valence-electron chi connectivity index (χ3n) is 2.90. The molecule has 0 fully saturated rings. The predicted molar refractivity (Wildman–Crippen MR) is 82.2 cm³/mol. The van der Waals surface area contributed by atoms with Crippen LogP contribution in [0.3, 0.4) is 0 Å². The van der Waals surface area contributed by atoms with Crippen molar-refractivity contribution in [3.8, 4) is 0 Å². The summed E-state index contributed by atoms with van der Waals surface area (Å²) >= 11 is 3.56. The Morgan fingerprint density at radius 1 is 1.16 bits per heavy atom. The van der Waals surface area contributed by atoms with Gasteiger partial charge in [-0.3, -0.25) is 0 Å². The van der Waals surface area contributed by atoms with Gasteiger partial charge in [-0.1, -0.05) is 41.1 Å². The number of hydrogen-bond acceptors (Lipinski definition) is 3. The Labute approximate surface area is 124 Å². The first kappa shape index (κ1) is 16.6. The monoisotopic (exact) mass is 329 g/mol. The van der Waals surface area contributed by atoms with Crippen LogP contribution in [0.5, 0.6) is 0 Å². The van der Waals surface area contributed by atoms with Gasteiger partial charge in [0.15, 0.2) is 0 Å². The SMILES string of the molecule is CCC(N)C(OCCOC(C)C)c1ccccc1Br. The van der Waals surface area contributed by atoms with Crippen molar-refractivity contribution >= 4 is 15.9 Å². The van der Waals surface area contributed by atoms with Crippen molar-refractivity contribution < 1.29 is 9.47 Å². The lowest BCUT2D eigenvalue weighted by Gasteiger charge is -2.25. The summed E-state index contributed by atoms with van der Waals surface area (Å²) in [4.78, 5) is 0. The van der Waals surface area contributed by atoms with Crippen LogP contribution in [-0.4, -0.2) is 25.4 Å². The highest BCUT2D eigenvalue weighted by molar-refractivity contribution is 9.10. The van der Waals surface area contributed by atoms with Gasteiger partial charge in [0.05, 0.1) is 25.4 Å². The minimum absolute atomic E-state index is 0.0160. The molecule has 0 saturated carbocycles. The fraction of sp³-hybridized carbons (Fsp3) is 0.600. The first-order chi connectivity index (χ1) is 9.06. The van der Waals surface area contributed by atoms with E-state index in [1.54, 1.807) is 0 Å². The van der Waals surface area contributed by atoms with Crippen LogP contribution in [-0.2, 0) is 9.47 Å². The average molecular weight is 330 g/mol. The molecule has 0 heterocycles. The van der Waals surface area contributed by atoms with Gasteiger partial charge < -0.3 is 15.2 Å². The minimum Gasteiger partial charge on any atom is -0.376 e. The van der Waals surface area contributed by atoms with Gasteiger partial charge >= 0.3 is 0 Å². The van der Waals surface area contributed by atoms with E-state index in [2.05, 4.69) is 22.9 Å². The number of ether oxygens (including phenoxy) is 2. The molecule has 108 valence electrons. The fourth-order valence-electron chi connectivity index (χ4n) is 1.82. The lowest BCUT2D eigenvalue weighted by molar-refractivity contribution is -0.0226. The number of nitrogens with two attached hydrogens (primary N) is 1. The summed E-state index contributed by atoms with van der Waals surface area (Å²) in [6.07, 6.45) is 0.999. The zero-order valence-corrected chi connectivity index (χ0v) is 13.5. The van der Waals surface area contributed by atoms with Gasteiger partial charge in [0.25, 0.3) is 0 Å². The van der Waals surface area contributed by atoms with E-state index in [1.165, 1.54) is 0 Å². The molecule has 1 aromatic rings. The van der Waals surface area contributed by atoms with E-state index in [0.29, 0.717) is 13.2 Å². The van der Waals surface area contributed by atoms with Crippen molar-refractivity contribution in [1.29, 1.82) is 0 Å². The molecular weight excluding hydrogens is 306 g/mol. The molecular formula is C15H24BrNO2. The van der Waals surface area contributed by atoms with Crippen molar-refractivity contribution in [3.05, 3.63) is 34.3 Å². The van der Waals surface area contributed by atoms with Crippen molar-refractivity contribution in [2.75, 3.05) is 13.2 Å². The third-order valence-corrected chi connectivity index (χ3v) is 3.63. The zero-order chi connectivity index (χ0) is 14.3. The smallest absolute Gasteiger partial charge is 0.0987 e. The number of benzene rings is 1. The molecule has 0 aliphatic carbocycles. The molecule has 1 rings (SSSR count). The quantitative estimate of drug-likeness (QED) is 0.740. The largest absolute Gasteiger partial charge is 0.376 e. The Hall–Kier alpha value is -0.420. The lowest BCUT2D eigenvalue weighted by Crippen LogP contribution is -2.30. The van der Waals surface area contributed by atoms with Gasteiger partial charge in [0.2, 0.25) is 0 Å². The summed E-state index contributed by atoms with van der Waals surface area (Å²) in [5, 5.41) is 0. The molecule has 0 aliphatic rings. The Balaban J connectivity index is 2.65. The first-order valence-corrected chi connectivity index (χ1v) is 7.58. The van der Waals surface area contributed by atoms with E-state index in [4.69, 9.17) is 15.2 Å². The van der Waals surface area contributed by atoms with Gasteiger partial charge in [-0.25, -0.2) is 0 Å². The van der Waals surface area contributed by atoms with Gasteiger partial charge in [-0.15, -0.1) is 0 Å². The summed E-state index contributed by atoms with van der Waals surface area (Å²) in [5.41, 5.74) is 7.27. The average Bonchev–Trinajstić information content (AvgIpc) is 2.39. The molecule has 0 amide bonds.